The van der Waals surface area contributed by atoms with Crippen LogP contribution >= 0.6 is 0 Å². The van der Waals surface area contributed by atoms with Crippen molar-refractivity contribution in [2.75, 3.05) is 25.2 Å². The summed E-state index contributed by atoms with van der Waals surface area (Å²) in [5, 5.41) is 9.34. The van der Waals surface area contributed by atoms with Crippen LogP contribution in [0.1, 0.15) is 53.7 Å². The van der Waals surface area contributed by atoms with E-state index in [-0.39, 0.29) is 17.3 Å². The number of carbonyl (C=O) groups excluding carboxylic acids is 1. The van der Waals surface area contributed by atoms with Gasteiger partial charge in [-0.15, -0.1) is 0 Å². The van der Waals surface area contributed by atoms with Crippen LogP contribution in [0.2, 0.25) is 0 Å². The number of anilines is 1. The second-order valence-corrected chi connectivity index (χ2v) is 9.11. The van der Waals surface area contributed by atoms with Crippen molar-refractivity contribution in [3.8, 4) is 11.8 Å². The van der Waals surface area contributed by atoms with Gasteiger partial charge in [0.05, 0.1) is 24.8 Å². The molecule has 0 N–H and O–H groups in total. The van der Waals surface area contributed by atoms with Crippen molar-refractivity contribution in [1.82, 2.24) is 0 Å². The van der Waals surface area contributed by atoms with Gasteiger partial charge in [0, 0.05) is 54.2 Å². The minimum Gasteiger partial charge on any atom is -0.490 e. The van der Waals surface area contributed by atoms with Crippen molar-refractivity contribution in [1.29, 1.82) is 5.26 Å². The van der Waals surface area contributed by atoms with E-state index in [0.717, 1.165) is 65.5 Å². The maximum Gasteiger partial charge on any atom is 0.191 e. The first kappa shape index (κ1) is 19.8. The molecule has 3 aliphatic rings. The lowest BCUT2D eigenvalue weighted by Crippen LogP contribution is -2.42. The number of hydrogen-bond donors (Lipinski definition) is 0. The van der Waals surface area contributed by atoms with Gasteiger partial charge in [-0.1, -0.05) is 19.9 Å². The molecule has 2 aliphatic heterocycles. The van der Waals surface area contributed by atoms with Gasteiger partial charge in [0.25, 0.3) is 0 Å². The molecule has 0 unspecified atom stereocenters. The molecule has 0 saturated carbocycles. The van der Waals surface area contributed by atoms with E-state index >= 15 is 0 Å². The fourth-order valence-electron chi connectivity index (χ4n) is 5.26. The maximum absolute atomic E-state index is 13.5. The van der Waals surface area contributed by atoms with Crippen LogP contribution in [-0.4, -0.2) is 32.1 Å². The first-order valence-electron chi connectivity index (χ1n) is 10.8. The van der Waals surface area contributed by atoms with Crippen molar-refractivity contribution in [3.63, 3.8) is 0 Å². The molecule has 0 aromatic heterocycles. The second-order valence-electron chi connectivity index (χ2n) is 9.11. The molecule has 0 amide bonds. The Morgan fingerprint density at radius 3 is 2.68 bits per heavy atom. The number of nitriles is 1. The molecule has 1 fully saturated rings. The lowest BCUT2D eigenvalue weighted by molar-refractivity contribution is 0.0255. The molecule has 0 atom stereocenters. The number of ether oxygens (including phenoxy) is 2. The normalized spacial score (nSPS) is 19.9. The minimum atomic E-state index is -0.372. The Kier molecular flexibility index (Phi) is 4.64. The number of allylic oxidation sites excluding steroid dienone is 2. The molecule has 5 heteroatoms. The van der Waals surface area contributed by atoms with Crippen LogP contribution in [-0.2, 0) is 16.6 Å². The van der Waals surface area contributed by atoms with Crippen LogP contribution in [0.4, 0.5) is 5.69 Å². The van der Waals surface area contributed by atoms with Crippen LogP contribution in [0, 0.1) is 11.3 Å². The van der Waals surface area contributed by atoms with E-state index in [0.29, 0.717) is 12.0 Å². The van der Waals surface area contributed by atoms with Crippen LogP contribution in [0.5, 0.6) is 5.75 Å². The largest absolute Gasteiger partial charge is 0.490 e. The second kappa shape index (κ2) is 7.25. The van der Waals surface area contributed by atoms with E-state index in [9.17, 15) is 10.1 Å². The summed E-state index contributed by atoms with van der Waals surface area (Å²) in [5.74, 6) is 0.894. The first-order valence-corrected chi connectivity index (χ1v) is 10.8. The van der Waals surface area contributed by atoms with Crippen molar-refractivity contribution >= 4 is 11.5 Å². The summed E-state index contributed by atoms with van der Waals surface area (Å²) in [5.41, 5.74) is 5.93. The van der Waals surface area contributed by atoms with Gasteiger partial charge in [-0.2, -0.15) is 5.26 Å². The molecule has 2 heterocycles. The number of benzene rings is 2. The van der Waals surface area contributed by atoms with Crippen molar-refractivity contribution in [2.24, 2.45) is 0 Å². The zero-order valence-corrected chi connectivity index (χ0v) is 18.2. The zero-order chi connectivity index (χ0) is 21.8. The molecule has 31 heavy (non-hydrogen) atoms. The number of hydrogen-bond acceptors (Lipinski definition) is 5. The molecule has 5 nitrogen and oxygen atoms in total. The summed E-state index contributed by atoms with van der Waals surface area (Å²) < 4.78 is 11.7. The van der Waals surface area contributed by atoms with E-state index in [2.05, 4.69) is 24.8 Å². The molecule has 1 saturated heterocycles. The molecule has 0 radical (unpaired) electrons. The fourth-order valence-corrected chi connectivity index (χ4v) is 5.26. The highest BCUT2D eigenvalue weighted by Crippen LogP contribution is 2.48. The van der Waals surface area contributed by atoms with E-state index in [1.165, 1.54) is 0 Å². The number of nitrogens with zero attached hydrogens (tertiary/aromatic N) is 2. The average molecular weight is 415 g/mol. The molecule has 0 bridgehead atoms. The third-order valence-electron chi connectivity index (χ3n) is 6.81. The highest BCUT2D eigenvalue weighted by atomic mass is 16.5. The third-order valence-corrected chi connectivity index (χ3v) is 6.81. The Balaban J connectivity index is 1.56. The zero-order valence-electron chi connectivity index (χ0n) is 18.2. The SMILES string of the molecule is CN1C2=C(Cc3ccc(C#N)cc31)C(=O)c1ccc(OC3CCOCC3)cc1C2(C)C. The lowest BCUT2D eigenvalue weighted by atomic mass is 9.68. The molecule has 2 aromatic rings. The maximum atomic E-state index is 13.5. The quantitative estimate of drug-likeness (QED) is 0.722. The number of Topliss-reactive ketones (excluding diaryl/α,β-unsaturated/α-hetero) is 1. The van der Waals surface area contributed by atoms with E-state index < -0.39 is 0 Å². The Morgan fingerprint density at radius 1 is 1.16 bits per heavy atom. The van der Waals surface area contributed by atoms with Gasteiger partial charge in [0.1, 0.15) is 11.9 Å². The summed E-state index contributed by atoms with van der Waals surface area (Å²) in [4.78, 5) is 15.6. The van der Waals surface area contributed by atoms with Crippen molar-refractivity contribution < 1.29 is 14.3 Å². The van der Waals surface area contributed by atoms with Crippen LogP contribution < -0.4 is 9.64 Å². The summed E-state index contributed by atoms with van der Waals surface area (Å²) in [7, 11) is 2.00. The Hall–Kier alpha value is -3.10. The number of rotatable bonds is 2. The monoisotopic (exact) mass is 414 g/mol. The number of carbonyl (C=O) groups is 1. The lowest BCUT2D eigenvalue weighted by Gasteiger charge is -2.44. The molecule has 5 rings (SSSR count). The molecule has 1 aliphatic carbocycles. The van der Waals surface area contributed by atoms with Gasteiger partial charge in [0.2, 0.25) is 0 Å². The van der Waals surface area contributed by atoms with Gasteiger partial charge in [-0.25, -0.2) is 0 Å². The van der Waals surface area contributed by atoms with Crippen LogP contribution in [0.15, 0.2) is 47.7 Å². The molecule has 158 valence electrons. The van der Waals surface area contributed by atoms with Gasteiger partial charge in [-0.3, -0.25) is 4.79 Å². The number of likely N-dealkylation sites (N-methyl/N-ethyl adjacent to an activating group) is 1. The summed E-state index contributed by atoms with van der Waals surface area (Å²) in [6.45, 7) is 5.79. The van der Waals surface area contributed by atoms with Crippen LogP contribution in [0.25, 0.3) is 0 Å². The Morgan fingerprint density at radius 2 is 1.94 bits per heavy atom. The predicted molar refractivity (Wildman–Crippen MR) is 119 cm³/mol. The van der Waals surface area contributed by atoms with Crippen molar-refractivity contribution in [2.45, 2.75) is 44.6 Å². The van der Waals surface area contributed by atoms with Gasteiger partial charge < -0.3 is 14.4 Å². The minimum absolute atomic E-state index is 0.0869. The summed E-state index contributed by atoms with van der Waals surface area (Å²) in [6, 6.07) is 13.8. The van der Waals surface area contributed by atoms with Gasteiger partial charge in [0.15, 0.2) is 5.78 Å². The first-order chi connectivity index (χ1) is 14.9. The van der Waals surface area contributed by atoms with E-state index in [4.69, 9.17) is 9.47 Å². The number of fused-ring (bicyclic) bond motifs is 2. The molecule has 2 aromatic carbocycles. The summed E-state index contributed by atoms with van der Waals surface area (Å²) >= 11 is 0. The van der Waals surface area contributed by atoms with Crippen molar-refractivity contribution in [3.05, 3.63) is 69.9 Å². The summed E-state index contributed by atoms with van der Waals surface area (Å²) in [6.07, 6.45) is 2.51. The Labute approximate surface area is 182 Å². The third kappa shape index (κ3) is 3.14. The van der Waals surface area contributed by atoms with E-state index in [1.54, 1.807) is 0 Å². The molecular formula is C26H26N2O3. The molecular weight excluding hydrogens is 388 g/mol. The van der Waals surface area contributed by atoms with Crippen LogP contribution in [0.3, 0.4) is 0 Å². The molecule has 0 spiro atoms. The van der Waals surface area contributed by atoms with Gasteiger partial charge >= 0.3 is 0 Å². The number of ketones is 1. The Bertz CT molecular complexity index is 1150. The fraction of sp³-hybridized carbons (Fsp3) is 0.385. The average Bonchev–Trinajstić information content (AvgIpc) is 2.78. The van der Waals surface area contributed by atoms with Gasteiger partial charge in [-0.05, 0) is 41.5 Å². The predicted octanol–water partition coefficient (Wildman–Crippen LogP) is 4.54. The topological polar surface area (TPSA) is 62.6 Å². The van der Waals surface area contributed by atoms with E-state index in [1.807, 2.05) is 43.4 Å². The highest BCUT2D eigenvalue weighted by Gasteiger charge is 2.43. The highest BCUT2D eigenvalue weighted by molar-refractivity contribution is 6.13. The smallest absolute Gasteiger partial charge is 0.191 e. The standard InChI is InChI=1S/C26H26N2O3/c1-26(2)22-14-19(31-18-8-10-30-11-9-18)6-7-20(22)24(29)21-13-17-5-4-16(15-27)12-23(17)28(3)25(21)26/h4-7,12,14,18H,8-11,13H2,1-3H3.